The molecule has 3 rings (SSSR count). The molecule has 2 aliphatic rings. The number of carbonyl (C=O) groups is 1. The van der Waals surface area contributed by atoms with Crippen LogP contribution in [0.2, 0.25) is 0 Å². The first-order valence-corrected chi connectivity index (χ1v) is 7.79. The standard InChI is InChI=1S/C13H19BrN4O2/c14-11-7-15-18(8-11)12-1-2-16(9-12)3-4-17-5-6-20-10-13(17)19/h7-8,12H,1-6,9-10H2. The summed E-state index contributed by atoms with van der Waals surface area (Å²) < 4.78 is 8.19. The third kappa shape index (κ3) is 3.21. The van der Waals surface area contributed by atoms with Gasteiger partial charge in [-0.15, -0.1) is 0 Å². The van der Waals surface area contributed by atoms with Gasteiger partial charge in [-0.1, -0.05) is 0 Å². The molecule has 2 aliphatic heterocycles. The van der Waals surface area contributed by atoms with Gasteiger partial charge in [-0.2, -0.15) is 5.10 Å². The van der Waals surface area contributed by atoms with Gasteiger partial charge in [0.1, 0.15) is 6.61 Å². The highest BCUT2D eigenvalue weighted by Crippen LogP contribution is 2.22. The van der Waals surface area contributed by atoms with Gasteiger partial charge in [0.25, 0.3) is 0 Å². The van der Waals surface area contributed by atoms with Crippen LogP contribution in [0.25, 0.3) is 0 Å². The lowest BCUT2D eigenvalue weighted by molar-refractivity contribution is -0.142. The van der Waals surface area contributed by atoms with E-state index in [4.69, 9.17) is 4.74 Å². The Morgan fingerprint density at radius 3 is 3.05 bits per heavy atom. The van der Waals surface area contributed by atoms with Crippen molar-refractivity contribution >= 4 is 21.8 Å². The van der Waals surface area contributed by atoms with E-state index in [1.807, 2.05) is 22.0 Å². The van der Waals surface area contributed by atoms with Crippen LogP contribution in [0.3, 0.4) is 0 Å². The van der Waals surface area contributed by atoms with Crippen LogP contribution in [0.1, 0.15) is 12.5 Å². The molecular formula is C13H19BrN4O2. The fourth-order valence-electron chi connectivity index (χ4n) is 2.79. The Labute approximate surface area is 126 Å². The van der Waals surface area contributed by atoms with Gasteiger partial charge in [0.05, 0.1) is 23.3 Å². The summed E-state index contributed by atoms with van der Waals surface area (Å²) in [6.07, 6.45) is 4.97. The number of nitrogens with zero attached hydrogens (tertiary/aromatic N) is 4. The highest BCUT2D eigenvalue weighted by atomic mass is 79.9. The number of likely N-dealkylation sites (tertiary alicyclic amines) is 1. The lowest BCUT2D eigenvalue weighted by atomic mass is 10.3. The molecule has 1 aromatic heterocycles. The molecule has 1 unspecified atom stereocenters. The van der Waals surface area contributed by atoms with Gasteiger partial charge in [-0.3, -0.25) is 14.4 Å². The second-order valence-corrected chi connectivity index (χ2v) is 6.23. The number of amides is 1. The van der Waals surface area contributed by atoms with Crippen LogP contribution < -0.4 is 0 Å². The molecule has 0 N–H and O–H groups in total. The van der Waals surface area contributed by atoms with Crippen molar-refractivity contribution in [2.45, 2.75) is 12.5 Å². The molecule has 1 aromatic rings. The smallest absolute Gasteiger partial charge is 0.248 e. The summed E-state index contributed by atoms with van der Waals surface area (Å²) in [7, 11) is 0. The number of hydrogen-bond acceptors (Lipinski definition) is 4. The van der Waals surface area contributed by atoms with Gasteiger partial charge in [0, 0.05) is 38.9 Å². The first-order chi connectivity index (χ1) is 9.72. The first-order valence-electron chi connectivity index (χ1n) is 7.00. The van der Waals surface area contributed by atoms with Crippen LogP contribution in [-0.2, 0) is 9.53 Å². The molecule has 110 valence electrons. The van der Waals surface area contributed by atoms with Gasteiger partial charge in [-0.05, 0) is 22.4 Å². The van der Waals surface area contributed by atoms with E-state index in [-0.39, 0.29) is 12.5 Å². The summed E-state index contributed by atoms with van der Waals surface area (Å²) >= 11 is 3.43. The van der Waals surface area contributed by atoms with Crippen LogP contribution in [0.4, 0.5) is 0 Å². The van der Waals surface area contributed by atoms with Crippen molar-refractivity contribution < 1.29 is 9.53 Å². The molecule has 0 aromatic carbocycles. The molecule has 0 radical (unpaired) electrons. The fourth-order valence-corrected chi connectivity index (χ4v) is 3.10. The Morgan fingerprint density at radius 2 is 2.30 bits per heavy atom. The zero-order valence-corrected chi connectivity index (χ0v) is 13.0. The van der Waals surface area contributed by atoms with Crippen LogP contribution in [-0.4, -0.2) is 71.4 Å². The predicted molar refractivity (Wildman–Crippen MR) is 77.4 cm³/mol. The molecule has 3 heterocycles. The minimum absolute atomic E-state index is 0.114. The van der Waals surface area contributed by atoms with Crippen LogP contribution in [0.5, 0.6) is 0 Å². The van der Waals surface area contributed by atoms with Crippen molar-refractivity contribution in [1.82, 2.24) is 19.6 Å². The van der Waals surface area contributed by atoms with Crippen molar-refractivity contribution in [3.05, 3.63) is 16.9 Å². The number of morpholine rings is 1. The average Bonchev–Trinajstić information content (AvgIpc) is 3.06. The maximum Gasteiger partial charge on any atom is 0.248 e. The van der Waals surface area contributed by atoms with Gasteiger partial charge in [0.15, 0.2) is 0 Å². The molecule has 2 saturated heterocycles. The Morgan fingerprint density at radius 1 is 1.40 bits per heavy atom. The maximum atomic E-state index is 11.7. The Balaban J connectivity index is 1.47. The monoisotopic (exact) mass is 342 g/mol. The van der Waals surface area contributed by atoms with Gasteiger partial charge in [0.2, 0.25) is 5.91 Å². The minimum atomic E-state index is 0.114. The van der Waals surface area contributed by atoms with E-state index in [1.165, 1.54) is 0 Å². The van der Waals surface area contributed by atoms with Gasteiger partial charge < -0.3 is 9.64 Å². The molecule has 0 saturated carbocycles. The summed E-state index contributed by atoms with van der Waals surface area (Å²) in [5.41, 5.74) is 0. The molecule has 0 bridgehead atoms. The number of aromatic nitrogens is 2. The summed E-state index contributed by atoms with van der Waals surface area (Å²) in [6, 6.07) is 0.446. The number of hydrogen-bond donors (Lipinski definition) is 0. The second kappa shape index (κ2) is 6.24. The molecule has 0 aliphatic carbocycles. The molecular weight excluding hydrogens is 324 g/mol. The Bertz CT molecular complexity index is 479. The number of ether oxygens (including phenoxy) is 1. The molecule has 6 nitrogen and oxygen atoms in total. The average molecular weight is 343 g/mol. The normalized spacial score (nSPS) is 24.6. The molecule has 20 heavy (non-hydrogen) atoms. The van der Waals surface area contributed by atoms with Crippen molar-refractivity contribution in [2.75, 3.05) is 45.9 Å². The third-order valence-corrected chi connectivity index (χ3v) is 4.37. The highest BCUT2D eigenvalue weighted by molar-refractivity contribution is 9.10. The predicted octanol–water partition coefficient (Wildman–Crippen LogP) is 0.751. The molecule has 0 spiro atoms. The Hall–Kier alpha value is -0.920. The lowest BCUT2D eigenvalue weighted by Gasteiger charge is -2.28. The third-order valence-electron chi connectivity index (χ3n) is 3.96. The van der Waals surface area contributed by atoms with Crippen molar-refractivity contribution in [3.63, 3.8) is 0 Å². The van der Waals surface area contributed by atoms with E-state index in [1.54, 1.807) is 0 Å². The van der Waals surface area contributed by atoms with Crippen molar-refractivity contribution in [2.24, 2.45) is 0 Å². The summed E-state index contributed by atoms with van der Waals surface area (Å²) in [5.74, 6) is 0.114. The lowest BCUT2D eigenvalue weighted by Crippen LogP contribution is -2.45. The second-order valence-electron chi connectivity index (χ2n) is 5.32. The minimum Gasteiger partial charge on any atom is -0.370 e. The van der Waals surface area contributed by atoms with Crippen LogP contribution in [0, 0.1) is 0 Å². The van der Waals surface area contributed by atoms with E-state index in [9.17, 15) is 4.79 Å². The van der Waals surface area contributed by atoms with Crippen LogP contribution in [0.15, 0.2) is 16.9 Å². The van der Waals surface area contributed by atoms with E-state index in [2.05, 4.69) is 25.9 Å². The largest absolute Gasteiger partial charge is 0.370 e. The maximum absolute atomic E-state index is 11.7. The van der Waals surface area contributed by atoms with Crippen molar-refractivity contribution in [3.8, 4) is 0 Å². The number of rotatable bonds is 4. The van der Waals surface area contributed by atoms with E-state index in [0.717, 1.165) is 43.6 Å². The van der Waals surface area contributed by atoms with E-state index in [0.29, 0.717) is 12.6 Å². The SMILES string of the molecule is O=C1COCCN1CCN1CCC(n2cc(Br)cn2)C1. The molecule has 1 amide bonds. The van der Waals surface area contributed by atoms with Crippen molar-refractivity contribution in [1.29, 1.82) is 0 Å². The number of halogens is 1. The zero-order chi connectivity index (χ0) is 13.9. The topological polar surface area (TPSA) is 50.6 Å². The zero-order valence-electron chi connectivity index (χ0n) is 11.4. The van der Waals surface area contributed by atoms with E-state index < -0.39 is 0 Å². The van der Waals surface area contributed by atoms with Gasteiger partial charge >= 0.3 is 0 Å². The van der Waals surface area contributed by atoms with Gasteiger partial charge in [-0.25, -0.2) is 0 Å². The summed E-state index contributed by atoms with van der Waals surface area (Å²) in [5, 5.41) is 4.36. The summed E-state index contributed by atoms with van der Waals surface area (Å²) in [6.45, 7) is 5.44. The van der Waals surface area contributed by atoms with Crippen LogP contribution >= 0.6 is 15.9 Å². The summed E-state index contributed by atoms with van der Waals surface area (Å²) in [4.78, 5) is 16.0. The Kier molecular flexibility index (Phi) is 4.38. The highest BCUT2D eigenvalue weighted by Gasteiger charge is 2.25. The van der Waals surface area contributed by atoms with E-state index >= 15 is 0 Å². The quantitative estimate of drug-likeness (QED) is 0.810. The molecule has 7 heteroatoms. The molecule has 1 atom stereocenters. The molecule has 2 fully saturated rings. The fraction of sp³-hybridized carbons (Fsp3) is 0.692. The first kappa shape index (κ1) is 14.0. The number of carbonyl (C=O) groups excluding carboxylic acids is 1.